The normalized spacial score (nSPS) is 17.9. The van der Waals surface area contributed by atoms with E-state index in [1.807, 2.05) is 25.1 Å². The molecule has 0 atom stereocenters. The number of hydrogen-bond donors (Lipinski definition) is 1. The van der Waals surface area contributed by atoms with Gasteiger partial charge in [0.1, 0.15) is 11.6 Å². The maximum absolute atomic E-state index is 12.5. The minimum absolute atomic E-state index is 0.0736. The van der Waals surface area contributed by atoms with Gasteiger partial charge in [0.05, 0.1) is 28.1 Å². The summed E-state index contributed by atoms with van der Waals surface area (Å²) in [5.41, 5.74) is 1.19. The Morgan fingerprint density at radius 3 is 3.04 bits per heavy atom. The van der Waals surface area contributed by atoms with Crippen LogP contribution in [0.1, 0.15) is 6.92 Å². The van der Waals surface area contributed by atoms with Crippen molar-refractivity contribution in [2.75, 3.05) is 24.2 Å². The summed E-state index contributed by atoms with van der Waals surface area (Å²) in [4.78, 5) is 18.6. The highest BCUT2D eigenvalue weighted by Gasteiger charge is 2.25. The number of anilines is 1. The minimum atomic E-state index is -3.42. The molecule has 0 saturated carbocycles. The summed E-state index contributed by atoms with van der Waals surface area (Å²) in [6.07, 6.45) is 4.67. The van der Waals surface area contributed by atoms with Crippen molar-refractivity contribution >= 4 is 48.5 Å². The maximum atomic E-state index is 12.5. The fraction of sp³-hybridized carbons (Fsp3) is 0.235. The summed E-state index contributed by atoms with van der Waals surface area (Å²) in [5.74, 6) is 0.691. The van der Waals surface area contributed by atoms with Crippen LogP contribution in [0.25, 0.3) is 10.2 Å². The van der Waals surface area contributed by atoms with Gasteiger partial charge in [-0.15, -0.1) is 4.40 Å². The largest absolute Gasteiger partial charge is 0.494 e. The zero-order valence-corrected chi connectivity index (χ0v) is 16.0. The van der Waals surface area contributed by atoms with Gasteiger partial charge >= 0.3 is 0 Å². The first-order chi connectivity index (χ1) is 12.9. The van der Waals surface area contributed by atoms with Crippen LogP contribution >= 0.6 is 11.3 Å². The van der Waals surface area contributed by atoms with Crippen LogP contribution in [-0.2, 0) is 14.8 Å². The van der Waals surface area contributed by atoms with Crippen LogP contribution in [0.4, 0.5) is 5.13 Å². The van der Waals surface area contributed by atoms with Crippen LogP contribution in [0.15, 0.2) is 46.5 Å². The number of sulfonamides is 1. The summed E-state index contributed by atoms with van der Waals surface area (Å²) in [7, 11) is -3.42. The molecule has 2 aliphatic rings. The molecule has 0 fully saturated rings. The molecule has 1 aromatic heterocycles. The predicted molar refractivity (Wildman–Crippen MR) is 105 cm³/mol. The molecular weight excluding hydrogens is 388 g/mol. The Labute approximate surface area is 159 Å². The molecule has 4 rings (SSSR count). The molecule has 0 bridgehead atoms. The number of benzene rings is 1. The van der Waals surface area contributed by atoms with E-state index < -0.39 is 10.0 Å². The number of carbonyl (C=O) groups is 1. The first-order valence-corrected chi connectivity index (χ1v) is 10.7. The van der Waals surface area contributed by atoms with Crippen LogP contribution in [0.5, 0.6) is 5.75 Å². The Bertz CT molecular complexity index is 1120. The number of carbonyl (C=O) groups excluding carboxylic acids is 1. The second-order valence-corrected chi connectivity index (χ2v) is 8.67. The Kier molecular flexibility index (Phi) is 4.44. The molecule has 0 saturated heterocycles. The van der Waals surface area contributed by atoms with Crippen LogP contribution < -0.4 is 10.1 Å². The summed E-state index contributed by atoms with van der Waals surface area (Å²) in [6, 6.07) is 5.58. The second-order valence-electron chi connectivity index (χ2n) is 5.88. The van der Waals surface area contributed by atoms with E-state index in [0.29, 0.717) is 23.1 Å². The highest BCUT2D eigenvalue weighted by atomic mass is 32.2. The number of hydrogen-bond acceptors (Lipinski definition) is 7. The second kappa shape index (κ2) is 6.78. The summed E-state index contributed by atoms with van der Waals surface area (Å²) in [5, 5.41) is 3.27. The Morgan fingerprint density at radius 1 is 1.37 bits per heavy atom. The molecule has 10 heteroatoms. The van der Waals surface area contributed by atoms with E-state index in [2.05, 4.69) is 14.7 Å². The van der Waals surface area contributed by atoms with E-state index >= 15 is 0 Å². The van der Waals surface area contributed by atoms with Gasteiger partial charge in [-0.05, 0) is 37.3 Å². The van der Waals surface area contributed by atoms with Gasteiger partial charge in [-0.2, -0.15) is 0 Å². The highest BCUT2D eigenvalue weighted by Crippen LogP contribution is 2.29. The van der Waals surface area contributed by atoms with Gasteiger partial charge in [0.2, 0.25) is 0 Å². The number of thiazole rings is 1. The summed E-state index contributed by atoms with van der Waals surface area (Å²) < 4.78 is 33.2. The van der Waals surface area contributed by atoms with E-state index in [4.69, 9.17) is 4.74 Å². The molecule has 2 aliphatic heterocycles. The highest BCUT2D eigenvalue weighted by molar-refractivity contribution is 7.90. The maximum Gasteiger partial charge on any atom is 0.258 e. The quantitative estimate of drug-likeness (QED) is 0.838. The lowest BCUT2D eigenvalue weighted by molar-refractivity contribution is -0.112. The molecule has 0 spiro atoms. The number of nitrogens with one attached hydrogen (secondary N) is 1. The average Bonchev–Trinajstić information content (AvgIpc) is 3.02. The monoisotopic (exact) mass is 404 g/mol. The van der Waals surface area contributed by atoms with Crippen LogP contribution in [0.2, 0.25) is 0 Å². The lowest BCUT2D eigenvalue weighted by atomic mass is 10.2. The molecule has 3 heterocycles. The van der Waals surface area contributed by atoms with Gasteiger partial charge in [0.25, 0.3) is 15.9 Å². The van der Waals surface area contributed by atoms with Gasteiger partial charge in [-0.25, -0.2) is 13.4 Å². The third-order valence-corrected chi connectivity index (χ3v) is 6.07. The molecule has 2 aromatic rings. The topological polar surface area (TPSA) is 101 Å². The number of amidine groups is 1. The molecule has 1 amide bonds. The third-order valence-electron chi connectivity index (χ3n) is 3.98. The van der Waals surface area contributed by atoms with Crippen molar-refractivity contribution in [2.45, 2.75) is 6.92 Å². The first-order valence-electron chi connectivity index (χ1n) is 8.27. The average molecular weight is 404 g/mol. The van der Waals surface area contributed by atoms with E-state index in [1.54, 1.807) is 17.2 Å². The fourth-order valence-electron chi connectivity index (χ4n) is 2.72. The Morgan fingerprint density at radius 2 is 2.22 bits per heavy atom. The minimum Gasteiger partial charge on any atom is -0.494 e. The van der Waals surface area contributed by atoms with E-state index in [0.717, 1.165) is 16.0 Å². The molecule has 1 aromatic carbocycles. The van der Waals surface area contributed by atoms with Gasteiger partial charge < -0.3 is 9.64 Å². The van der Waals surface area contributed by atoms with Crippen molar-refractivity contribution in [3.05, 3.63) is 42.1 Å². The Hall–Kier alpha value is -2.72. The Balaban J connectivity index is 1.52. The van der Waals surface area contributed by atoms with Gasteiger partial charge in [0, 0.05) is 12.7 Å². The number of amides is 1. The van der Waals surface area contributed by atoms with Gasteiger partial charge in [0.15, 0.2) is 5.13 Å². The third kappa shape index (κ3) is 3.71. The van der Waals surface area contributed by atoms with Crippen molar-refractivity contribution in [3.63, 3.8) is 0 Å². The van der Waals surface area contributed by atoms with Crippen molar-refractivity contribution in [1.29, 1.82) is 0 Å². The van der Waals surface area contributed by atoms with Crippen LogP contribution in [-0.4, -0.2) is 48.9 Å². The molecule has 1 N–H and O–H groups in total. The van der Waals surface area contributed by atoms with Crippen molar-refractivity contribution < 1.29 is 17.9 Å². The summed E-state index contributed by atoms with van der Waals surface area (Å²) >= 11 is 1.36. The van der Waals surface area contributed by atoms with E-state index in [1.165, 1.54) is 17.4 Å². The van der Waals surface area contributed by atoms with Gasteiger partial charge in [-0.1, -0.05) is 11.3 Å². The molecule has 140 valence electrons. The number of rotatable bonds is 4. The molecule has 0 unspecified atom stereocenters. The number of ether oxygens (including phenoxy) is 1. The lowest BCUT2D eigenvalue weighted by Gasteiger charge is -2.26. The smallest absolute Gasteiger partial charge is 0.258 e. The lowest BCUT2D eigenvalue weighted by Crippen LogP contribution is -2.37. The summed E-state index contributed by atoms with van der Waals surface area (Å²) in [6.45, 7) is 2.77. The van der Waals surface area contributed by atoms with Crippen molar-refractivity contribution in [3.8, 4) is 5.75 Å². The number of aromatic nitrogens is 1. The van der Waals surface area contributed by atoms with E-state index in [9.17, 15) is 13.2 Å². The van der Waals surface area contributed by atoms with Crippen LogP contribution in [0.3, 0.4) is 0 Å². The number of fused-ring (bicyclic) bond motifs is 2. The van der Waals surface area contributed by atoms with Crippen molar-refractivity contribution in [2.24, 2.45) is 4.40 Å². The first kappa shape index (κ1) is 17.7. The molecule has 0 aliphatic carbocycles. The number of nitrogens with zero attached hydrogens (tertiary/aromatic N) is 3. The zero-order chi connectivity index (χ0) is 19.0. The van der Waals surface area contributed by atoms with E-state index in [-0.39, 0.29) is 18.2 Å². The SMILES string of the molecule is CCOc1ccc2nc(NC(=O)C3=CN4CCS(=O)(=O)N=C4C=C3)sc2c1. The fourth-order valence-corrected chi connectivity index (χ4v) is 4.58. The predicted octanol–water partition coefficient (Wildman–Crippen LogP) is 2.13. The van der Waals surface area contributed by atoms with Gasteiger partial charge in [-0.3, -0.25) is 10.1 Å². The molecule has 27 heavy (non-hydrogen) atoms. The standard InChI is InChI=1S/C17H16N4O4S2/c1-2-25-12-4-5-13-14(9-12)26-17(18-13)19-16(22)11-3-6-15-20-27(23,24)8-7-21(15)10-11/h3-6,9-10H,2,7-8H2,1H3,(H,18,19,22). The molecule has 0 radical (unpaired) electrons. The van der Waals surface area contributed by atoms with Crippen molar-refractivity contribution in [1.82, 2.24) is 9.88 Å². The van der Waals surface area contributed by atoms with Crippen LogP contribution in [0, 0.1) is 0 Å². The zero-order valence-electron chi connectivity index (χ0n) is 14.4. The molecular formula is C17H16N4O4S2. The molecule has 8 nitrogen and oxygen atoms in total.